The largest absolute Gasteiger partial charge is 0.426 e. The number of benzene rings is 1. The molecular formula is C22H25NO6. The molecule has 2 aliphatic rings. The Balaban J connectivity index is 1.46. The molecule has 4 rings (SSSR count). The molecule has 2 aromatic rings. The van der Waals surface area contributed by atoms with Gasteiger partial charge in [-0.2, -0.15) is 0 Å². The summed E-state index contributed by atoms with van der Waals surface area (Å²) in [6.45, 7) is 1.07. The second-order valence-corrected chi connectivity index (χ2v) is 7.75. The van der Waals surface area contributed by atoms with Crippen molar-refractivity contribution in [2.45, 2.75) is 51.0 Å². The Morgan fingerprint density at radius 1 is 1.07 bits per heavy atom. The van der Waals surface area contributed by atoms with Crippen LogP contribution in [-0.2, 0) is 9.53 Å². The number of carbonyl (C=O) groups excluding carboxylic acids is 2. The summed E-state index contributed by atoms with van der Waals surface area (Å²) in [7, 11) is 0. The van der Waals surface area contributed by atoms with Crippen LogP contribution >= 0.6 is 0 Å². The average molecular weight is 399 g/mol. The van der Waals surface area contributed by atoms with Gasteiger partial charge in [-0.15, -0.1) is 0 Å². The SMILES string of the molecule is O=C(NCC1CCCO1)c1cc2ccc(OC(=O)C3CCCCC3)cc2oc1=O. The van der Waals surface area contributed by atoms with E-state index in [9.17, 15) is 14.4 Å². The van der Waals surface area contributed by atoms with Crippen LogP contribution in [0.3, 0.4) is 0 Å². The monoisotopic (exact) mass is 399 g/mol. The van der Waals surface area contributed by atoms with Gasteiger partial charge in [-0.25, -0.2) is 4.79 Å². The Kier molecular flexibility index (Phi) is 5.94. The van der Waals surface area contributed by atoms with Gasteiger partial charge in [0.25, 0.3) is 5.91 Å². The predicted molar refractivity (Wildman–Crippen MR) is 106 cm³/mol. The highest BCUT2D eigenvalue weighted by atomic mass is 16.5. The first kappa shape index (κ1) is 19.6. The van der Waals surface area contributed by atoms with Gasteiger partial charge in [0.1, 0.15) is 16.9 Å². The number of hydrogen-bond acceptors (Lipinski definition) is 6. The molecule has 1 atom stereocenters. The molecule has 1 amide bonds. The van der Waals surface area contributed by atoms with E-state index in [1.165, 1.54) is 12.1 Å². The summed E-state index contributed by atoms with van der Waals surface area (Å²) in [5.41, 5.74) is -0.500. The van der Waals surface area contributed by atoms with E-state index in [0.29, 0.717) is 24.3 Å². The molecule has 1 saturated heterocycles. The molecule has 1 saturated carbocycles. The first-order valence-corrected chi connectivity index (χ1v) is 10.3. The summed E-state index contributed by atoms with van der Waals surface area (Å²) >= 11 is 0. The first-order chi connectivity index (χ1) is 14.1. The van der Waals surface area contributed by atoms with Crippen LogP contribution in [0.25, 0.3) is 11.0 Å². The third kappa shape index (κ3) is 4.67. The molecule has 1 unspecified atom stereocenters. The fourth-order valence-corrected chi connectivity index (χ4v) is 3.96. The lowest BCUT2D eigenvalue weighted by molar-refractivity contribution is -0.139. The van der Waals surface area contributed by atoms with Gasteiger partial charge in [0.15, 0.2) is 0 Å². The lowest BCUT2D eigenvalue weighted by atomic mass is 9.89. The molecule has 29 heavy (non-hydrogen) atoms. The first-order valence-electron chi connectivity index (χ1n) is 10.3. The Hall–Kier alpha value is -2.67. The number of carbonyl (C=O) groups is 2. The third-order valence-electron chi connectivity index (χ3n) is 5.62. The van der Waals surface area contributed by atoms with Crippen molar-refractivity contribution in [3.8, 4) is 5.75 Å². The molecule has 2 heterocycles. The molecule has 0 spiro atoms. The Labute approximate surface area is 168 Å². The maximum Gasteiger partial charge on any atom is 0.349 e. The van der Waals surface area contributed by atoms with E-state index in [-0.39, 0.29) is 29.1 Å². The molecule has 1 aromatic carbocycles. The predicted octanol–water partition coefficient (Wildman–Crippen LogP) is 3.19. The summed E-state index contributed by atoms with van der Waals surface area (Å²) in [5, 5.41) is 3.31. The lowest BCUT2D eigenvalue weighted by Crippen LogP contribution is -2.34. The van der Waals surface area contributed by atoms with E-state index >= 15 is 0 Å². The van der Waals surface area contributed by atoms with Crippen molar-refractivity contribution in [3.05, 3.63) is 40.2 Å². The molecule has 2 fully saturated rings. The highest BCUT2D eigenvalue weighted by Gasteiger charge is 2.23. The minimum absolute atomic E-state index is 0.00662. The number of ether oxygens (including phenoxy) is 2. The van der Waals surface area contributed by atoms with Gasteiger partial charge in [0, 0.05) is 24.6 Å². The second kappa shape index (κ2) is 8.78. The van der Waals surface area contributed by atoms with Crippen molar-refractivity contribution in [1.29, 1.82) is 0 Å². The van der Waals surface area contributed by atoms with Gasteiger partial charge in [0.2, 0.25) is 0 Å². The Morgan fingerprint density at radius 2 is 1.90 bits per heavy atom. The minimum Gasteiger partial charge on any atom is -0.426 e. The van der Waals surface area contributed by atoms with Gasteiger partial charge in [-0.3, -0.25) is 9.59 Å². The zero-order valence-corrected chi connectivity index (χ0v) is 16.3. The van der Waals surface area contributed by atoms with E-state index in [1.807, 2.05) is 0 Å². The molecule has 1 aromatic heterocycles. The zero-order chi connectivity index (χ0) is 20.2. The van der Waals surface area contributed by atoms with Crippen LogP contribution in [-0.4, -0.2) is 31.1 Å². The van der Waals surface area contributed by atoms with Gasteiger partial charge >= 0.3 is 11.6 Å². The normalized spacial score (nSPS) is 19.9. The van der Waals surface area contributed by atoms with E-state index in [2.05, 4.69) is 5.32 Å². The minimum atomic E-state index is -0.724. The van der Waals surface area contributed by atoms with Crippen molar-refractivity contribution in [3.63, 3.8) is 0 Å². The highest BCUT2D eigenvalue weighted by molar-refractivity contribution is 5.96. The van der Waals surface area contributed by atoms with Crippen molar-refractivity contribution in [2.24, 2.45) is 5.92 Å². The molecule has 1 N–H and O–H groups in total. The molecule has 7 heteroatoms. The number of esters is 1. The molecule has 0 bridgehead atoms. The zero-order valence-electron chi connectivity index (χ0n) is 16.3. The summed E-state index contributed by atoms with van der Waals surface area (Å²) in [4.78, 5) is 37.0. The standard InChI is InChI=1S/C22H25NO6/c24-20(23-13-17-7-4-10-27-17)18-11-15-8-9-16(12-19(15)29-22(18)26)28-21(25)14-5-2-1-3-6-14/h8-9,11-12,14,17H,1-7,10,13H2,(H,23,24). The van der Waals surface area contributed by atoms with Crippen LogP contribution in [0.15, 0.2) is 33.5 Å². The Morgan fingerprint density at radius 3 is 2.66 bits per heavy atom. The fraction of sp³-hybridized carbons (Fsp3) is 0.500. The molecule has 154 valence electrons. The van der Waals surface area contributed by atoms with E-state index < -0.39 is 11.5 Å². The maximum absolute atomic E-state index is 12.4. The lowest BCUT2D eigenvalue weighted by Gasteiger charge is -2.19. The molecule has 1 aliphatic carbocycles. The van der Waals surface area contributed by atoms with Gasteiger partial charge in [-0.1, -0.05) is 19.3 Å². The van der Waals surface area contributed by atoms with Crippen LogP contribution in [0.1, 0.15) is 55.3 Å². The summed E-state index contributed by atoms with van der Waals surface area (Å²) in [6, 6.07) is 6.35. The molecule has 0 radical (unpaired) electrons. The fourth-order valence-electron chi connectivity index (χ4n) is 3.96. The average Bonchev–Trinajstić information content (AvgIpc) is 3.26. The number of amides is 1. The number of fused-ring (bicyclic) bond motifs is 1. The van der Waals surface area contributed by atoms with E-state index in [0.717, 1.165) is 44.9 Å². The van der Waals surface area contributed by atoms with Crippen molar-refractivity contribution in [2.75, 3.05) is 13.2 Å². The summed E-state index contributed by atoms with van der Waals surface area (Å²) < 4.78 is 16.3. The second-order valence-electron chi connectivity index (χ2n) is 7.75. The van der Waals surface area contributed by atoms with Crippen LogP contribution < -0.4 is 15.7 Å². The number of nitrogens with one attached hydrogen (secondary N) is 1. The van der Waals surface area contributed by atoms with Crippen LogP contribution in [0.4, 0.5) is 0 Å². The topological polar surface area (TPSA) is 94.8 Å². The molecular weight excluding hydrogens is 374 g/mol. The number of rotatable bonds is 5. The van der Waals surface area contributed by atoms with Crippen LogP contribution in [0, 0.1) is 5.92 Å². The molecule has 1 aliphatic heterocycles. The van der Waals surface area contributed by atoms with Gasteiger partial charge in [-0.05, 0) is 43.9 Å². The highest BCUT2D eigenvalue weighted by Crippen LogP contribution is 2.27. The maximum atomic E-state index is 12.4. The van der Waals surface area contributed by atoms with E-state index in [1.54, 1.807) is 12.1 Å². The van der Waals surface area contributed by atoms with Gasteiger partial charge in [0.05, 0.1) is 12.0 Å². The Bertz CT molecular complexity index is 953. The van der Waals surface area contributed by atoms with E-state index in [4.69, 9.17) is 13.9 Å². The quantitative estimate of drug-likeness (QED) is 0.471. The van der Waals surface area contributed by atoms with Crippen molar-refractivity contribution >= 4 is 22.8 Å². The summed E-state index contributed by atoms with van der Waals surface area (Å²) in [5.74, 6) is -0.450. The number of hydrogen-bond donors (Lipinski definition) is 1. The third-order valence-corrected chi connectivity index (χ3v) is 5.62. The van der Waals surface area contributed by atoms with Crippen molar-refractivity contribution in [1.82, 2.24) is 5.32 Å². The van der Waals surface area contributed by atoms with Crippen LogP contribution in [0.5, 0.6) is 5.75 Å². The molecule has 7 nitrogen and oxygen atoms in total. The van der Waals surface area contributed by atoms with Crippen molar-refractivity contribution < 1.29 is 23.5 Å². The van der Waals surface area contributed by atoms with Gasteiger partial charge < -0.3 is 19.2 Å². The smallest absolute Gasteiger partial charge is 0.349 e. The summed E-state index contributed by atoms with van der Waals surface area (Å²) in [6.07, 6.45) is 6.83. The van der Waals surface area contributed by atoms with Crippen LogP contribution in [0.2, 0.25) is 0 Å².